The van der Waals surface area contributed by atoms with Crippen LogP contribution < -0.4 is 5.48 Å². The lowest BCUT2D eigenvalue weighted by Gasteiger charge is -2.31. The van der Waals surface area contributed by atoms with Crippen LogP contribution in [0.3, 0.4) is 0 Å². The highest BCUT2D eigenvalue weighted by Gasteiger charge is 2.44. The standard InChI is InChI=1S/C13H20N2O3/c1-5-11(14-18-6-2)13-10(8-16)7-12(9(3)17)15(13)4/h2,8,10-14H,5,7H2,1,3-4H3. The minimum Gasteiger partial charge on any atom is -0.356 e. The Hall–Kier alpha value is -1.38. The van der Waals surface area contributed by atoms with E-state index in [9.17, 15) is 9.59 Å². The molecule has 4 atom stereocenters. The number of likely N-dealkylation sites (N-methyl/N-ethyl adjacent to an activating group) is 1. The van der Waals surface area contributed by atoms with Crippen molar-refractivity contribution in [1.82, 2.24) is 10.4 Å². The zero-order chi connectivity index (χ0) is 13.7. The zero-order valence-electron chi connectivity index (χ0n) is 11.1. The highest BCUT2D eigenvalue weighted by Crippen LogP contribution is 2.30. The maximum atomic E-state index is 11.5. The van der Waals surface area contributed by atoms with Gasteiger partial charge in [-0.2, -0.15) is 0 Å². The van der Waals surface area contributed by atoms with E-state index in [1.165, 1.54) is 0 Å². The zero-order valence-corrected chi connectivity index (χ0v) is 11.1. The molecule has 18 heavy (non-hydrogen) atoms. The van der Waals surface area contributed by atoms with E-state index in [1.54, 1.807) is 6.92 Å². The second-order valence-corrected chi connectivity index (χ2v) is 4.67. The lowest BCUT2D eigenvalue weighted by Crippen LogP contribution is -2.50. The summed E-state index contributed by atoms with van der Waals surface area (Å²) in [5.74, 6) is -0.0951. The topological polar surface area (TPSA) is 58.6 Å². The van der Waals surface area contributed by atoms with Gasteiger partial charge in [0.05, 0.1) is 12.1 Å². The van der Waals surface area contributed by atoms with Crippen LogP contribution in [0.15, 0.2) is 0 Å². The molecule has 0 bridgehead atoms. The Kier molecular flexibility index (Phi) is 5.32. The lowest BCUT2D eigenvalue weighted by atomic mass is 9.93. The number of hydrogen-bond donors (Lipinski definition) is 1. The Labute approximate surface area is 108 Å². The van der Waals surface area contributed by atoms with Gasteiger partial charge in [0.2, 0.25) is 0 Å². The van der Waals surface area contributed by atoms with Crippen molar-refractivity contribution in [3.8, 4) is 12.5 Å². The third-order valence-electron chi connectivity index (χ3n) is 3.66. The number of hydroxylamine groups is 1. The molecule has 1 fully saturated rings. The van der Waals surface area contributed by atoms with Crippen molar-refractivity contribution in [2.45, 2.75) is 44.8 Å². The summed E-state index contributed by atoms with van der Waals surface area (Å²) in [4.78, 5) is 29.5. The van der Waals surface area contributed by atoms with Crippen LogP contribution in [0.25, 0.3) is 0 Å². The molecule has 1 aliphatic heterocycles. The first-order valence-corrected chi connectivity index (χ1v) is 6.11. The third-order valence-corrected chi connectivity index (χ3v) is 3.66. The third kappa shape index (κ3) is 2.89. The predicted octanol–water partition coefficient (Wildman–Crippen LogP) is 0.354. The predicted molar refractivity (Wildman–Crippen MR) is 67.3 cm³/mol. The van der Waals surface area contributed by atoms with E-state index < -0.39 is 0 Å². The number of carbonyl (C=O) groups excluding carboxylic acids is 2. The molecule has 1 saturated heterocycles. The van der Waals surface area contributed by atoms with E-state index in [4.69, 9.17) is 11.3 Å². The maximum absolute atomic E-state index is 11.5. The highest BCUT2D eigenvalue weighted by molar-refractivity contribution is 5.82. The van der Waals surface area contributed by atoms with Crippen LogP contribution in [0, 0.1) is 18.4 Å². The minimum atomic E-state index is -0.202. The molecule has 1 heterocycles. The Balaban J connectivity index is 2.85. The summed E-state index contributed by atoms with van der Waals surface area (Å²) in [6.07, 6.45) is 9.33. The molecular formula is C13H20N2O3. The van der Waals surface area contributed by atoms with Crippen molar-refractivity contribution in [1.29, 1.82) is 0 Å². The smallest absolute Gasteiger partial charge is 0.146 e. The molecule has 0 aliphatic carbocycles. The van der Waals surface area contributed by atoms with Crippen LogP contribution in [-0.2, 0) is 14.4 Å². The average molecular weight is 252 g/mol. The Morgan fingerprint density at radius 1 is 1.72 bits per heavy atom. The van der Waals surface area contributed by atoms with E-state index in [0.717, 1.165) is 12.7 Å². The molecule has 0 radical (unpaired) electrons. The number of hydrogen-bond acceptors (Lipinski definition) is 5. The number of likely N-dealkylation sites (tertiary alicyclic amines) is 1. The Bertz CT molecular complexity index is 351. The van der Waals surface area contributed by atoms with Crippen molar-refractivity contribution in [2.24, 2.45) is 5.92 Å². The van der Waals surface area contributed by atoms with E-state index in [2.05, 4.69) is 11.6 Å². The molecule has 100 valence electrons. The Morgan fingerprint density at radius 3 is 2.83 bits per heavy atom. The maximum Gasteiger partial charge on any atom is 0.146 e. The normalized spacial score (nSPS) is 29.6. The molecule has 5 nitrogen and oxygen atoms in total. The van der Waals surface area contributed by atoms with Gasteiger partial charge in [0.25, 0.3) is 0 Å². The van der Waals surface area contributed by atoms with Gasteiger partial charge in [-0.1, -0.05) is 13.3 Å². The van der Waals surface area contributed by atoms with Crippen LogP contribution >= 0.6 is 0 Å². The largest absolute Gasteiger partial charge is 0.356 e. The molecule has 0 saturated carbocycles. The second-order valence-electron chi connectivity index (χ2n) is 4.67. The fraction of sp³-hybridized carbons (Fsp3) is 0.692. The van der Waals surface area contributed by atoms with Crippen molar-refractivity contribution in [2.75, 3.05) is 7.05 Å². The number of carbonyl (C=O) groups is 2. The lowest BCUT2D eigenvalue weighted by molar-refractivity contribution is -0.121. The van der Waals surface area contributed by atoms with Gasteiger partial charge >= 0.3 is 0 Å². The molecule has 0 aromatic rings. The number of aldehydes is 1. The number of Topliss-reactive ketones (excluding diaryl/α,β-unsaturated/α-hetero) is 1. The molecule has 0 amide bonds. The summed E-state index contributed by atoms with van der Waals surface area (Å²) in [6, 6.07) is -0.354. The van der Waals surface area contributed by atoms with Gasteiger partial charge in [-0.15, -0.1) is 5.48 Å². The van der Waals surface area contributed by atoms with E-state index in [0.29, 0.717) is 6.42 Å². The highest BCUT2D eigenvalue weighted by atomic mass is 16.6. The molecular weight excluding hydrogens is 232 g/mol. The van der Waals surface area contributed by atoms with Crippen LogP contribution in [0.1, 0.15) is 26.7 Å². The van der Waals surface area contributed by atoms with Crippen LogP contribution in [0.5, 0.6) is 0 Å². The van der Waals surface area contributed by atoms with Gasteiger partial charge in [0.1, 0.15) is 18.2 Å². The first-order valence-electron chi connectivity index (χ1n) is 6.11. The van der Waals surface area contributed by atoms with Gasteiger partial charge in [0, 0.05) is 12.0 Å². The molecule has 1 rings (SSSR count). The molecule has 4 unspecified atom stereocenters. The monoisotopic (exact) mass is 252 g/mol. The van der Waals surface area contributed by atoms with Crippen molar-refractivity contribution in [3.63, 3.8) is 0 Å². The Morgan fingerprint density at radius 2 is 2.39 bits per heavy atom. The van der Waals surface area contributed by atoms with Crippen LogP contribution in [0.4, 0.5) is 0 Å². The number of ketones is 1. The first kappa shape index (κ1) is 14.7. The fourth-order valence-corrected chi connectivity index (χ4v) is 2.75. The molecule has 1 N–H and O–H groups in total. The van der Waals surface area contributed by atoms with Gasteiger partial charge in [-0.05, 0) is 26.8 Å². The van der Waals surface area contributed by atoms with E-state index in [-0.39, 0.29) is 29.8 Å². The quantitative estimate of drug-likeness (QED) is 0.420. The van der Waals surface area contributed by atoms with Crippen molar-refractivity contribution >= 4 is 12.1 Å². The summed E-state index contributed by atoms with van der Waals surface area (Å²) in [7, 11) is 1.86. The number of terminal acetylenes is 1. The van der Waals surface area contributed by atoms with E-state index in [1.807, 2.05) is 18.9 Å². The van der Waals surface area contributed by atoms with Gasteiger partial charge in [0.15, 0.2) is 0 Å². The summed E-state index contributed by atoms with van der Waals surface area (Å²) in [5.41, 5.74) is 2.77. The van der Waals surface area contributed by atoms with Gasteiger partial charge in [-0.3, -0.25) is 9.69 Å². The van der Waals surface area contributed by atoms with Crippen LogP contribution in [0.2, 0.25) is 0 Å². The van der Waals surface area contributed by atoms with Crippen molar-refractivity contribution in [3.05, 3.63) is 0 Å². The van der Waals surface area contributed by atoms with E-state index >= 15 is 0 Å². The minimum absolute atomic E-state index is 0.0743. The SMILES string of the molecule is C#CONC(CC)C1C(C=O)CC(C(C)=O)N1C. The summed E-state index contributed by atoms with van der Waals surface area (Å²) < 4.78 is 0. The second kappa shape index (κ2) is 6.53. The van der Waals surface area contributed by atoms with Crippen LogP contribution in [-0.4, -0.2) is 42.1 Å². The van der Waals surface area contributed by atoms with Gasteiger partial charge in [-0.25, -0.2) is 0 Å². The number of nitrogens with one attached hydrogen (secondary N) is 1. The number of nitrogens with zero attached hydrogens (tertiary/aromatic N) is 1. The fourth-order valence-electron chi connectivity index (χ4n) is 2.75. The summed E-state index contributed by atoms with van der Waals surface area (Å²) in [6.45, 7) is 3.53. The molecule has 5 heteroatoms. The molecule has 0 spiro atoms. The summed E-state index contributed by atoms with van der Waals surface area (Å²) in [5, 5.41) is 0. The molecule has 0 aromatic heterocycles. The molecule has 0 aromatic carbocycles. The summed E-state index contributed by atoms with van der Waals surface area (Å²) >= 11 is 0. The van der Waals surface area contributed by atoms with Gasteiger partial charge < -0.3 is 9.63 Å². The average Bonchev–Trinajstić information content (AvgIpc) is 2.68. The number of rotatable bonds is 6. The molecule has 1 aliphatic rings. The van der Waals surface area contributed by atoms with Crippen molar-refractivity contribution < 1.29 is 14.4 Å². The first-order chi connectivity index (χ1) is 8.56.